The van der Waals surface area contributed by atoms with Crippen LogP contribution in [0.4, 0.5) is 4.39 Å². The van der Waals surface area contributed by atoms with Crippen molar-refractivity contribution < 1.29 is 9.13 Å². The van der Waals surface area contributed by atoms with Crippen LogP contribution in [0.1, 0.15) is 88.5 Å². The molecule has 0 spiro atoms. The Bertz CT molecular complexity index is 1650. The summed E-state index contributed by atoms with van der Waals surface area (Å²) in [5.74, 6) is 0.0585. The monoisotopic (exact) mass is 676 g/mol. The molecule has 0 amide bonds. The summed E-state index contributed by atoms with van der Waals surface area (Å²) in [5.41, 5.74) is 2.23. The first-order valence-corrected chi connectivity index (χ1v) is 19.7. The molecule has 1 atom stereocenters. The molecule has 5 rings (SSSR count). The van der Waals surface area contributed by atoms with Crippen molar-refractivity contribution in [3.63, 3.8) is 0 Å². The lowest BCUT2D eigenvalue weighted by atomic mass is 10.1. The van der Waals surface area contributed by atoms with Crippen molar-refractivity contribution in [2.75, 3.05) is 0 Å². The van der Waals surface area contributed by atoms with Gasteiger partial charge in [0.15, 0.2) is 11.6 Å². The molecule has 0 saturated carbocycles. The van der Waals surface area contributed by atoms with Crippen LogP contribution in [0.2, 0.25) is 0 Å². The summed E-state index contributed by atoms with van der Waals surface area (Å²) < 4.78 is 20.9. The number of benzene rings is 1. The molecule has 0 aliphatic carbocycles. The fourth-order valence-electron chi connectivity index (χ4n) is 5.54. The molecule has 0 radical (unpaired) electrons. The molecule has 4 aromatic heterocycles. The van der Waals surface area contributed by atoms with Crippen LogP contribution in [-0.4, -0.2) is 6.10 Å². The number of ether oxygens (including phenoxy) is 1. The van der Waals surface area contributed by atoms with Gasteiger partial charge in [-0.05, 0) is 124 Å². The van der Waals surface area contributed by atoms with Gasteiger partial charge in [0.2, 0.25) is 0 Å². The van der Waals surface area contributed by atoms with E-state index in [1.54, 1.807) is 23.5 Å². The van der Waals surface area contributed by atoms with Crippen molar-refractivity contribution in [2.24, 2.45) is 0 Å². The van der Waals surface area contributed by atoms with Gasteiger partial charge in [0.1, 0.15) is 0 Å². The van der Waals surface area contributed by atoms with Gasteiger partial charge in [0.25, 0.3) is 0 Å². The van der Waals surface area contributed by atoms with Crippen LogP contribution in [0.15, 0.2) is 73.3 Å². The van der Waals surface area contributed by atoms with Gasteiger partial charge in [-0.2, -0.15) is 0 Å². The largest absolute Gasteiger partial charge is 0.488 e. The fourth-order valence-corrected chi connectivity index (χ4v) is 10.1. The van der Waals surface area contributed by atoms with E-state index in [1.165, 1.54) is 91.1 Å². The van der Waals surface area contributed by atoms with E-state index >= 15 is 4.39 Å². The number of thiophene rings is 4. The topological polar surface area (TPSA) is 9.23 Å². The van der Waals surface area contributed by atoms with Gasteiger partial charge in [0.05, 0.1) is 6.10 Å². The summed E-state index contributed by atoms with van der Waals surface area (Å²) in [7, 11) is 0. The van der Waals surface area contributed by atoms with Crippen molar-refractivity contribution in [2.45, 2.75) is 97.5 Å². The van der Waals surface area contributed by atoms with Gasteiger partial charge in [-0.15, -0.1) is 51.9 Å². The average Bonchev–Trinajstić information content (AvgIpc) is 3.85. The molecule has 4 heterocycles. The molecule has 0 unspecified atom stereocenters. The van der Waals surface area contributed by atoms with E-state index in [9.17, 15) is 0 Å². The van der Waals surface area contributed by atoms with Crippen LogP contribution in [0.3, 0.4) is 0 Å². The summed E-state index contributed by atoms with van der Waals surface area (Å²) in [6.07, 6.45) is 15.2. The van der Waals surface area contributed by atoms with Gasteiger partial charge in [0, 0.05) is 39.0 Å². The van der Waals surface area contributed by atoms with Gasteiger partial charge >= 0.3 is 0 Å². The van der Waals surface area contributed by atoms with E-state index in [1.807, 2.05) is 53.1 Å². The third kappa shape index (κ3) is 9.28. The predicted molar refractivity (Wildman–Crippen MR) is 200 cm³/mol. The second kappa shape index (κ2) is 16.9. The number of hydrogen-bond acceptors (Lipinski definition) is 5. The molecular formula is C39H45FOS4. The maximum Gasteiger partial charge on any atom is 0.165 e. The smallest absolute Gasteiger partial charge is 0.165 e. The number of allylic oxidation sites excluding steroid dienone is 1. The summed E-state index contributed by atoms with van der Waals surface area (Å²) >= 11 is 7.41. The first kappa shape index (κ1) is 33.8. The van der Waals surface area contributed by atoms with Crippen LogP contribution < -0.4 is 4.74 Å². The Hall–Kier alpha value is -2.51. The van der Waals surface area contributed by atoms with Gasteiger partial charge < -0.3 is 4.74 Å². The zero-order valence-electron chi connectivity index (χ0n) is 26.8. The highest BCUT2D eigenvalue weighted by molar-refractivity contribution is 7.29. The van der Waals surface area contributed by atoms with Crippen molar-refractivity contribution in [3.8, 4) is 45.5 Å². The molecule has 0 saturated heterocycles. The zero-order chi connectivity index (χ0) is 31.6. The molecule has 0 aliphatic rings. The molecule has 0 aliphatic heterocycles. The molecular weight excluding hydrogens is 632 g/mol. The first-order valence-electron chi connectivity index (χ1n) is 16.4. The molecule has 45 heavy (non-hydrogen) atoms. The van der Waals surface area contributed by atoms with E-state index in [-0.39, 0.29) is 11.9 Å². The Morgan fingerprint density at radius 1 is 0.733 bits per heavy atom. The van der Waals surface area contributed by atoms with E-state index < -0.39 is 0 Å². The van der Waals surface area contributed by atoms with Crippen LogP contribution in [-0.2, 0) is 6.42 Å². The van der Waals surface area contributed by atoms with Crippen molar-refractivity contribution in [1.82, 2.24) is 0 Å². The summed E-state index contributed by atoms with van der Waals surface area (Å²) in [4.78, 5) is 10.4. The second-order valence-corrected chi connectivity index (χ2v) is 16.3. The molecule has 0 bridgehead atoms. The Labute approximate surface area is 285 Å². The Kier molecular flexibility index (Phi) is 12.7. The van der Waals surface area contributed by atoms with Gasteiger partial charge in [-0.3, -0.25) is 0 Å². The molecule has 5 aromatic rings. The van der Waals surface area contributed by atoms with E-state index in [0.29, 0.717) is 5.75 Å². The lowest BCUT2D eigenvalue weighted by Gasteiger charge is -2.15. The predicted octanol–water partition coefficient (Wildman–Crippen LogP) is 14.5. The van der Waals surface area contributed by atoms with Crippen molar-refractivity contribution in [1.29, 1.82) is 0 Å². The fraction of sp³-hybridized carbons (Fsp3) is 0.385. The lowest BCUT2D eigenvalue weighted by Crippen LogP contribution is -2.12. The third-order valence-electron chi connectivity index (χ3n) is 8.09. The van der Waals surface area contributed by atoms with Gasteiger partial charge in [-0.1, -0.05) is 45.1 Å². The number of rotatable bonds is 18. The quantitative estimate of drug-likeness (QED) is 0.0663. The molecule has 1 nitrogen and oxygen atoms in total. The van der Waals surface area contributed by atoms with E-state index in [2.05, 4.69) is 62.9 Å². The second-order valence-electron chi connectivity index (χ2n) is 11.9. The minimum atomic E-state index is -0.289. The molecule has 0 N–H and O–H groups in total. The van der Waals surface area contributed by atoms with Crippen molar-refractivity contribution in [3.05, 3.63) is 89.6 Å². The summed E-state index contributed by atoms with van der Waals surface area (Å²) in [5, 5.41) is 0. The number of hydrogen-bond donors (Lipinski definition) is 0. The minimum Gasteiger partial charge on any atom is -0.488 e. The average molecular weight is 677 g/mol. The summed E-state index contributed by atoms with van der Waals surface area (Å²) in [6.45, 7) is 10.3. The van der Waals surface area contributed by atoms with E-state index in [4.69, 9.17) is 4.74 Å². The maximum absolute atomic E-state index is 15.0. The zero-order valence-corrected chi connectivity index (χ0v) is 30.1. The Balaban J connectivity index is 1.20. The number of aryl methyl sites for hydroxylation is 2. The SMILES string of the molecule is C=CCCCCCCc1ccc(-c2cc(C)c(-c3ccc(-c4ccc(-c5ccc(O[C@@H](C)CCCCCC)c(F)c5)s4)s3)s2)s1. The van der Waals surface area contributed by atoms with Gasteiger partial charge in [-0.25, -0.2) is 4.39 Å². The Morgan fingerprint density at radius 3 is 2.20 bits per heavy atom. The Morgan fingerprint density at radius 2 is 1.42 bits per heavy atom. The maximum atomic E-state index is 15.0. The molecule has 238 valence electrons. The molecule has 6 heteroatoms. The highest BCUT2D eigenvalue weighted by Gasteiger charge is 2.16. The van der Waals surface area contributed by atoms with Crippen molar-refractivity contribution >= 4 is 45.3 Å². The molecule has 0 fully saturated rings. The third-order valence-corrected chi connectivity index (χ3v) is 13.3. The molecule has 1 aromatic carbocycles. The standard InChI is InChI=1S/C39H45FOS4/c1-5-7-9-11-12-14-16-30-18-20-36(42-30)38-25-27(3)39(45-38)37-24-23-35(44-37)34-22-21-33(43-34)29-17-19-32(31(40)26-29)41-28(4)15-13-10-8-6-2/h5,17-26,28H,1,6-16H2,2-4H3/t28-/m0/s1. The highest BCUT2D eigenvalue weighted by Crippen LogP contribution is 2.46. The minimum absolute atomic E-state index is 0.0156. The number of unbranched alkanes of at least 4 members (excludes halogenated alkanes) is 7. The van der Waals surface area contributed by atoms with Crippen LogP contribution >= 0.6 is 45.3 Å². The lowest BCUT2D eigenvalue weighted by molar-refractivity contribution is 0.197. The van der Waals surface area contributed by atoms with Crippen LogP contribution in [0.5, 0.6) is 5.75 Å². The first-order chi connectivity index (χ1) is 21.9. The van der Waals surface area contributed by atoms with E-state index in [0.717, 1.165) is 29.7 Å². The normalized spacial score (nSPS) is 12.1. The van der Waals surface area contributed by atoms with Crippen LogP contribution in [0.25, 0.3) is 39.7 Å². The summed E-state index contributed by atoms with van der Waals surface area (Å²) in [6, 6.07) is 21.1. The van der Waals surface area contributed by atoms with Crippen LogP contribution in [0, 0.1) is 12.7 Å². The highest BCUT2D eigenvalue weighted by atomic mass is 32.1. The number of halogens is 1.